The zero-order valence-electron chi connectivity index (χ0n) is 15.5. The van der Waals surface area contributed by atoms with E-state index in [-0.39, 0.29) is 28.6 Å². The third-order valence-corrected chi connectivity index (χ3v) is 4.92. The molecule has 1 heterocycles. The molecule has 0 aliphatic carbocycles. The Morgan fingerprint density at radius 2 is 1.82 bits per heavy atom. The maximum Gasteiger partial charge on any atom is 0.340 e. The molecule has 0 saturated heterocycles. The number of amides is 1. The van der Waals surface area contributed by atoms with Crippen LogP contribution in [0.2, 0.25) is 0 Å². The summed E-state index contributed by atoms with van der Waals surface area (Å²) in [4.78, 5) is 27.1. The van der Waals surface area contributed by atoms with Gasteiger partial charge < -0.3 is 14.6 Å². The average Bonchev–Trinajstić information content (AvgIpc) is 2.93. The van der Waals surface area contributed by atoms with Crippen molar-refractivity contribution in [2.45, 2.75) is 6.92 Å². The van der Waals surface area contributed by atoms with Crippen molar-refractivity contribution in [2.24, 2.45) is 0 Å². The maximum atomic E-state index is 13.2. The highest BCUT2D eigenvalue weighted by Gasteiger charge is 2.37. The molecule has 28 heavy (non-hydrogen) atoms. The van der Waals surface area contributed by atoms with Gasteiger partial charge in [-0.3, -0.25) is 9.69 Å². The smallest absolute Gasteiger partial charge is 0.340 e. The summed E-state index contributed by atoms with van der Waals surface area (Å²) in [5, 5.41) is 9.77. The monoisotopic (exact) mass is 443 g/mol. The summed E-state index contributed by atoms with van der Waals surface area (Å²) in [7, 11) is 2.71. The predicted octanol–water partition coefficient (Wildman–Crippen LogP) is 4.04. The molecule has 1 N–H and O–H groups in total. The van der Waals surface area contributed by atoms with Crippen LogP contribution in [0.5, 0.6) is 11.5 Å². The normalized spacial score (nSPS) is 15.4. The Bertz CT molecular complexity index is 1010. The van der Waals surface area contributed by atoms with Gasteiger partial charge in [-0.05, 0) is 55.0 Å². The molecule has 3 rings (SSSR count). The van der Waals surface area contributed by atoms with Crippen molar-refractivity contribution in [3.05, 3.63) is 69.3 Å². The molecule has 2 aromatic rings. The number of anilines is 1. The largest absolute Gasteiger partial charge is 0.504 e. The predicted molar refractivity (Wildman–Crippen MR) is 109 cm³/mol. The van der Waals surface area contributed by atoms with E-state index in [4.69, 9.17) is 9.47 Å². The van der Waals surface area contributed by atoms with Crippen molar-refractivity contribution < 1.29 is 24.2 Å². The molecule has 2 aromatic carbocycles. The molecule has 1 aliphatic rings. The van der Waals surface area contributed by atoms with Gasteiger partial charge in [0.1, 0.15) is 0 Å². The molecule has 7 heteroatoms. The van der Waals surface area contributed by atoms with Crippen molar-refractivity contribution in [1.29, 1.82) is 0 Å². The Balaban J connectivity index is 2.13. The van der Waals surface area contributed by atoms with E-state index in [0.717, 1.165) is 4.47 Å². The average molecular weight is 444 g/mol. The van der Waals surface area contributed by atoms with E-state index in [0.29, 0.717) is 16.9 Å². The molecule has 1 amide bonds. The van der Waals surface area contributed by atoms with Crippen LogP contribution in [0.15, 0.2) is 63.8 Å². The minimum absolute atomic E-state index is 0.0150. The Kier molecular flexibility index (Phi) is 5.56. The Morgan fingerprint density at radius 1 is 1.14 bits per heavy atom. The van der Waals surface area contributed by atoms with Crippen LogP contribution in [0.4, 0.5) is 5.69 Å². The Hall–Kier alpha value is -3.06. The van der Waals surface area contributed by atoms with E-state index >= 15 is 0 Å². The van der Waals surface area contributed by atoms with Gasteiger partial charge in [-0.25, -0.2) is 4.79 Å². The fraction of sp³-hybridized carbons (Fsp3) is 0.143. The molecule has 0 bridgehead atoms. The summed E-state index contributed by atoms with van der Waals surface area (Å²) >= 11 is 3.37. The van der Waals surface area contributed by atoms with Gasteiger partial charge in [0.05, 0.1) is 25.4 Å². The van der Waals surface area contributed by atoms with Crippen molar-refractivity contribution in [1.82, 2.24) is 0 Å². The number of nitrogens with zero attached hydrogens (tertiary/aromatic N) is 1. The molecule has 1 aliphatic heterocycles. The summed E-state index contributed by atoms with van der Waals surface area (Å²) in [6.07, 6.45) is 1.58. The van der Waals surface area contributed by atoms with E-state index in [1.165, 1.54) is 25.2 Å². The minimum Gasteiger partial charge on any atom is -0.504 e. The lowest BCUT2D eigenvalue weighted by Gasteiger charge is -2.18. The van der Waals surface area contributed by atoms with Crippen LogP contribution in [0.25, 0.3) is 6.08 Å². The lowest BCUT2D eigenvalue weighted by molar-refractivity contribution is -0.136. The number of carbonyl (C=O) groups is 2. The van der Waals surface area contributed by atoms with Crippen LogP contribution < -0.4 is 9.64 Å². The molecule has 0 radical (unpaired) electrons. The second-order valence-corrected chi connectivity index (χ2v) is 6.97. The number of phenols is 1. The van der Waals surface area contributed by atoms with E-state index in [1.807, 2.05) is 12.1 Å². The molecule has 0 aromatic heterocycles. The topological polar surface area (TPSA) is 76.1 Å². The number of allylic oxidation sites excluding steroid dienone is 1. The van der Waals surface area contributed by atoms with Crippen LogP contribution in [-0.2, 0) is 14.3 Å². The third-order valence-electron chi connectivity index (χ3n) is 4.39. The molecule has 0 spiro atoms. The van der Waals surface area contributed by atoms with Crippen LogP contribution in [0.1, 0.15) is 12.5 Å². The number of carbonyl (C=O) groups excluding carboxylic acids is 2. The van der Waals surface area contributed by atoms with Gasteiger partial charge in [-0.1, -0.05) is 22.0 Å². The number of aromatic hydroxyl groups is 1. The van der Waals surface area contributed by atoms with Gasteiger partial charge in [0.15, 0.2) is 11.5 Å². The van der Waals surface area contributed by atoms with Crippen LogP contribution in [-0.4, -0.2) is 31.2 Å². The van der Waals surface area contributed by atoms with Gasteiger partial charge in [-0.15, -0.1) is 0 Å². The molecule has 0 atom stereocenters. The van der Waals surface area contributed by atoms with E-state index in [9.17, 15) is 14.7 Å². The Labute approximate surface area is 170 Å². The van der Waals surface area contributed by atoms with Gasteiger partial charge >= 0.3 is 5.97 Å². The number of methoxy groups -OCH3 is 2. The first-order valence-electron chi connectivity index (χ1n) is 8.35. The quantitative estimate of drug-likeness (QED) is 0.569. The van der Waals surface area contributed by atoms with Gasteiger partial charge in [0.25, 0.3) is 5.91 Å². The molecule has 0 saturated carbocycles. The second kappa shape index (κ2) is 7.90. The number of phenolic OH excluding ortho intramolecular Hbond substituents is 1. The second-order valence-electron chi connectivity index (χ2n) is 6.06. The van der Waals surface area contributed by atoms with E-state index in [1.54, 1.807) is 37.3 Å². The highest BCUT2D eigenvalue weighted by Crippen LogP contribution is 2.36. The molecule has 6 nitrogen and oxygen atoms in total. The lowest BCUT2D eigenvalue weighted by Crippen LogP contribution is -2.24. The zero-order chi connectivity index (χ0) is 20.4. The number of ether oxygens (including phenoxy) is 2. The van der Waals surface area contributed by atoms with Crippen molar-refractivity contribution >= 4 is 39.6 Å². The summed E-state index contributed by atoms with van der Waals surface area (Å²) in [6, 6.07) is 11.9. The van der Waals surface area contributed by atoms with Crippen LogP contribution in [0, 0.1) is 0 Å². The SMILES string of the molecule is COC(=O)C1=C(C)N(c2ccc(Br)cc2)C(=O)/C1=C\c1ccc(O)c(OC)c1. The number of hydrogen-bond donors (Lipinski definition) is 1. The summed E-state index contributed by atoms with van der Waals surface area (Å²) < 4.78 is 10.9. The van der Waals surface area contributed by atoms with Crippen molar-refractivity contribution in [3.8, 4) is 11.5 Å². The van der Waals surface area contributed by atoms with Gasteiger partial charge in [-0.2, -0.15) is 0 Å². The first-order chi connectivity index (χ1) is 13.4. The molecular formula is C21H18BrNO5. The van der Waals surface area contributed by atoms with Gasteiger partial charge in [0.2, 0.25) is 0 Å². The summed E-state index contributed by atoms with van der Waals surface area (Å²) in [5.74, 6) is -0.682. The van der Waals surface area contributed by atoms with Crippen molar-refractivity contribution in [2.75, 3.05) is 19.1 Å². The molecular weight excluding hydrogens is 426 g/mol. The summed E-state index contributed by atoms with van der Waals surface area (Å²) in [5.41, 5.74) is 2.13. The van der Waals surface area contributed by atoms with E-state index in [2.05, 4.69) is 15.9 Å². The minimum atomic E-state index is -0.595. The van der Waals surface area contributed by atoms with Crippen LogP contribution >= 0.6 is 15.9 Å². The molecule has 0 unspecified atom stereocenters. The molecule has 0 fully saturated rings. The van der Waals surface area contributed by atoms with E-state index < -0.39 is 5.97 Å². The Morgan fingerprint density at radius 3 is 2.43 bits per heavy atom. The zero-order valence-corrected chi connectivity index (χ0v) is 17.1. The maximum absolute atomic E-state index is 13.2. The third kappa shape index (κ3) is 3.53. The standard InChI is InChI=1S/C21H18BrNO5/c1-12-19(21(26)28-3)16(10-13-4-9-17(24)18(11-13)27-2)20(25)23(12)15-7-5-14(22)6-8-15/h4-11,24H,1-3H3/b16-10-. The number of hydrogen-bond acceptors (Lipinski definition) is 5. The number of benzene rings is 2. The highest BCUT2D eigenvalue weighted by molar-refractivity contribution is 9.10. The summed E-state index contributed by atoms with van der Waals surface area (Å²) in [6.45, 7) is 1.70. The number of rotatable bonds is 4. The molecule has 144 valence electrons. The van der Waals surface area contributed by atoms with Crippen molar-refractivity contribution in [3.63, 3.8) is 0 Å². The number of halogens is 1. The fourth-order valence-corrected chi connectivity index (χ4v) is 3.30. The van der Waals surface area contributed by atoms with Crippen LogP contribution in [0.3, 0.4) is 0 Å². The van der Waals surface area contributed by atoms with Gasteiger partial charge in [0, 0.05) is 15.9 Å². The highest BCUT2D eigenvalue weighted by atomic mass is 79.9. The number of esters is 1. The fourth-order valence-electron chi connectivity index (χ4n) is 3.03. The first kappa shape index (κ1) is 19.7. The first-order valence-corrected chi connectivity index (χ1v) is 9.15. The lowest BCUT2D eigenvalue weighted by atomic mass is 10.0.